The van der Waals surface area contributed by atoms with E-state index in [1.54, 1.807) is 4.90 Å². The van der Waals surface area contributed by atoms with Gasteiger partial charge in [0.1, 0.15) is 5.69 Å². The van der Waals surface area contributed by atoms with Gasteiger partial charge in [0.2, 0.25) is 5.95 Å². The lowest BCUT2D eigenvalue weighted by Crippen LogP contribution is -2.36. The number of rotatable bonds is 3. The van der Waals surface area contributed by atoms with E-state index < -0.39 is 11.7 Å². The van der Waals surface area contributed by atoms with Crippen LogP contribution in [0, 0.1) is 0 Å². The number of halogens is 3. The first-order chi connectivity index (χ1) is 13.9. The van der Waals surface area contributed by atoms with Crippen LogP contribution in [0.2, 0.25) is 0 Å². The largest absolute Gasteiger partial charge is 0.418 e. The molecule has 1 aromatic heterocycles. The van der Waals surface area contributed by atoms with Crippen LogP contribution in [0.15, 0.2) is 60.8 Å². The standard InChI is InChI=1S/C21H17F3N4O/c22-21(23,24)16-7-3-4-8-17(16)26-20-25-11-9-18(27-20)19(29)28-12-10-14-5-1-2-6-15(14)13-28/h1-9,11H,10,12-13H2,(H,25,26,27). The number of hydrogen-bond acceptors (Lipinski definition) is 4. The second kappa shape index (κ2) is 7.54. The van der Waals surface area contributed by atoms with Crippen molar-refractivity contribution in [1.29, 1.82) is 0 Å². The van der Waals surface area contributed by atoms with E-state index in [0.717, 1.165) is 18.1 Å². The summed E-state index contributed by atoms with van der Waals surface area (Å²) in [4.78, 5) is 22.6. The van der Waals surface area contributed by atoms with Crippen molar-refractivity contribution in [1.82, 2.24) is 14.9 Å². The van der Waals surface area contributed by atoms with Gasteiger partial charge in [-0.3, -0.25) is 4.79 Å². The van der Waals surface area contributed by atoms with Crippen molar-refractivity contribution in [2.45, 2.75) is 19.1 Å². The molecule has 1 amide bonds. The highest BCUT2D eigenvalue weighted by molar-refractivity contribution is 5.92. The highest BCUT2D eigenvalue weighted by Crippen LogP contribution is 2.35. The zero-order chi connectivity index (χ0) is 20.4. The fourth-order valence-corrected chi connectivity index (χ4v) is 3.33. The number of anilines is 2. The molecule has 148 valence electrons. The lowest BCUT2D eigenvalue weighted by atomic mass is 10.00. The Morgan fingerprint density at radius 1 is 1.00 bits per heavy atom. The fraction of sp³-hybridized carbons (Fsp3) is 0.190. The molecule has 0 bridgehead atoms. The van der Waals surface area contributed by atoms with Crippen molar-refractivity contribution in [3.63, 3.8) is 0 Å². The van der Waals surface area contributed by atoms with Crippen molar-refractivity contribution >= 4 is 17.5 Å². The molecule has 2 aromatic carbocycles. The number of fused-ring (bicyclic) bond motifs is 1. The SMILES string of the molecule is O=C(c1ccnc(Nc2ccccc2C(F)(F)F)n1)N1CCc2ccccc2C1. The van der Waals surface area contributed by atoms with Gasteiger partial charge in [-0.15, -0.1) is 0 Å². The number of hydrogen-bond donors (Lipinski definition) is 1. The van der Waals surface area contributed by atoms with Crippen LogP contribution < -0.4 is 5.32 Å². The Labute approximate surface area is 165 Å². The molecule has 1 aliphatic rings. The van der Waals surface area contributed by atoms with Gasteiger partial charge in [0.05, 0.1) is 11.3 Å². The second-order valence-corrected chi connectivity index (χ2v) is 6.68. The number of nitrogens with one attached hydrogen (secondary N) is 1. The van der Waals surface area contributed by atoms with Crippen LogP contribution in [0.3, 0.4) is 0 Å². The first kappa shape index (κ1) is 18.9. The molecule has 0 atom stereocenters. The molecule has 8 heteroatoms. The Morgan fingerprint density at radius 2 is 1.72 bits per heavy atom. The van der Waals surface area contributed by atoms with E-state index in [4.69, 9.17) is 0 Å². The van der Waals surface area contributed by atoms with Crippen LogP contribution in [0.25, 0.3) is 0 Å². The van der Waals surface area contributed by atoms with Gasteiger partial charge in [0.15, 0.2) is 0 Å². The summed E-state index contributed by atoms with van der Waals surface area (Å²) in [5, 5.41) is 2.58. The fourth-order valence-electron chi connectivity index (χ4n) is 3.33. The summed E-state index contributed by atoms with van der Waals surface area (Å²) in [5.74, 6) is -0.348. The van der Waals surface area contributed by atoms with Crippen LogP contribution in [0.4, 0.5) is 24.8 Å². The number of carbonyl (C=O) groups excluding carboxylic acids is 1. The van der Waals surface area contributed by atoms with E-state index in [-0.39, 0.29) is 23.2 Å². The predicted molar refractivity (Wildman–Crippen MR) is 102 cm³/mol. The molecule has 2 heterocycles. The summed E-state index contributed by atoms with van der Waals surface area (Å²) in [7, 11) is 0. The van der Waals surface area contributed by atoms with E-state index >= 15 is 0 Å². The lowest BCUT2D eigenvalue weighted by molar-refractivity contribution is -0.136. The van der Waals surface area contributed by atoms with Gasteiger partial charge in [-0.2, -0.15) is 13.2 Å². The van der Waals surface area contributed by atoms with Gasteiger partial charge in [0.25, 0.3) is 5.91 Å². The molecule has 4 rings (SSSR count). The first-order valence-corrected chi connectivity index (χ1v) is 9.04. The number of carbonyl (C=O) groups is 1. The second-order valence-electron chi connectivity index (χ2n) is 6.68. The third kappa shape index (κ3) is 4.06. The Bertz CT molecular complexity index is 1050. The number of alkyl halides is 3. The third-order valence-electron chi connectivity index (χ3n) is 4.77. The Morgan fingerprint density at radius 3 is 2.52 bits per heavy atom. The zero-order valence-corrected chi connectivity index (χ0v) is 15.3. The highest BCUT2D eigenvalue weighted by atomic mass is 19.4. The summed E-state index contributed by atoms with van der Waals surface area (Å²) < 4.78 is 39.5. The van der Waals surface area contributed by atoms with Crippen LogP contribution in [-0.2, 0) is 19.1 Å². The van der Waals surface area contributed by atoms with Crippen molar-refractivity contribution in [2.24, 2.45) is 0 Å². The van der Waals surface area contributed by atoms with E-state index in [9.17, 15) is 18.0 Å². The van der Waals surface area contributed by atoms with E-state index in [1.807, 2.05) is 24.3 Å². The molecule has 29 heavy (non-hydrogen) atoms. The van der Waals surface area contributed by atoms with Crippen LogP contribution in [0.1, 0.15) is 27.2 Å². The molecular weight excluding hydrogens is 381 g/mol. The van der Waals surface area contributed by atoms with Gasteiger partial charge in [-0.05, 0) is 35.7 Å². The van der Waals surface area contributed by atoms with Crippen molar-refractivity contribution in [2.75, 3.05) is 11.9 Å². The lowest BCUT2D eigenvalue weighted by Gasteiger charge is -2.28. The minimum Gasteiger partial charge on any atom is -0.333 e. The van der Waals surface area contributed by atoms with Crippen LogP contribution >= 0.6 is 0 Å². The van der Waals surface area contributed by atoms with Gasteiger partial charge < -0.3 is 10.2 Å². The molecule has 0 radical (unpaired) electrons. The molecule has 1 aliphatic heterocycles. The van der Waals surface area contributed by atoms with Crippen LogP contribution in [0.5, 0.6) is 0 Å². The average molecular weight is 398 g/mol. The minimum atomic E-state index is -4.52. The molecule has 0 fully saturated rings. The number of para-hydroxylation sites is 1. The predicted octanol–water partition coefficient (Wildman–Crippen LogP) is 4.44. The van der Waals surface area contributed by atoms with Gasteiger partial charge >= 0.3 is 6.18 Å². The Hall–Kier alpha value is -3.42. The van der Waals surface area contributed by atoms with Crippen molar-refractivity contribution < 1.29 is 18.0 Å². The quantitative estimate of drug-likeness (QED) is 0.709. The van der Waals surface area contributed by atoms with E-state index in [1.165, 1.54) is 36.0 Å². The maximum atomic E-state index is 13.2. The first-order valence-electron chi connectivity index (χ1n) is 9.04. The molecule has 0 aliphatic carbocycles. The zero-order valence-electron chi connectivity index (χ0n) is 15.3. The number of amides is 1. The van der Waals surface area contributed by atoms with Crippen molar-refractivity contribution in [3.8, 4) is 0 Å². The summed E-state index contributed by atoms with van der Waals surface area (Å²) in [5.41, 5.74) is 1.43. The van der Waals surface area contributed by atoms with E-state index in [2.05, 4.69) is 15.3 Å². The van der Waals surface area contributed by atoms with Gasteiger partial charge in [-0.25, -0.2) is 9.97 Å². The number of aromatic nitrogens is 2. The maximum Gasteiger partial charge on any atom is 0.418 e. The normalized spacial score (nSPS) is 13.7. The number of benzene rings is 2. The molecule has 3 aromatic rings. The molecule has 1 N–H and O–H groups in total. The monoisotopic (exact) mass is 398 g/mol. The number of nitrogens with zero attached hydrogens (tertiary/aromatic N) is 3. The molecule has 0 spiro atoms. The Balaban J connectivity index is 1.55. The molecule has 5 nitrogen and oxygen atoms in total. The molecule has 0 saturated heterocycles. The highest BCUT2D eigenvalue weighted by Gasteiger charge is 2.33. The summed E-state index contributed by atoms with van der Waals surface area (Å²) >= 11 is 0. The van der Waals surface area contributed by atoms with Gasteiger partial charge in [-0.1, -0.05) is 36.4 Å². The maximum absolute atomic E-state index is 13.2. The van der Waals surface area contributed by atoms with Crippen molar-refractivity contribution in [3.05, 3.63) is 83.2 Å². The van der Waals surface area contributed by atoms with Crippen LogP contribution in [-0.4, -0.2) is 27.3 Å². The summed E-state index contributed by atoms with van der Waals surface area (Å²) in [6.45, 7) is 1.03. The third-order valence-corrected chi connectivity index (χ3v) is 4.77. The molecule has 0 unspecified atom stereocenters. The Kier molecular flexibility index (Phi) is 4.92. The molecule has 0 saturated carbocycles. The summed E-state index contributed by atoms with van der Waals surface area (Å²) in [6.07, 6.45) is -2.41. The average Bonchev–Trinajstić information content (AvgIpc) is 2.73. The molecular formula is C21H17F3N4O. The minimum absolute atomic E-state index is 0.0649. The smallest absolute Gasteiger partial charge is 0.333 e. The summed E-state index contributed by atoms with van der Waals surface area (Å²) in [6, 6.07) is 14.4. The van der Waals surface area contributed by atoms with Gasteiger partial charge in [0, 0.05) is 19.3 Å². The topological polar surface area (TPSA) is 58.1 Å². The van der Waals surface area contributed by atoms with E-state index in [0.29, 0.717) is 13.1 Å².